The molecular formula is C28H34BrClN2O3. The summed E-state index contributed by atoms with van der Waals surface area (Å²) < 4.78 is 0.901. The van der Waals surface area contributed by atoms with Crippen LogP contribution < -0.4 is 0 Å². The van der Waals surface area contributed by atoms with Crippen LogP contribution >= 0.6 is 27.5 Å². The van der Waals surface area contributed by atoms with Gasteiger partial charge in [0.15, 0.2) is 0 Å². The van der Waals surface area contributed by atoms with Gasteiger partial charge in [-0.15, -0.1) is 0 Å². The molecule has 0 saturated carbocycles. The van der Waals surface area contributed by atoms with Crippen molar-refractivity contribution in [2.24, 2.45) is 0 Å². The van der Waals surface area contributed by atoms with E-state index in [4.69, 9.17) is 11.6 Å². The number of likely N-dealkylation sites (tertiary alicyclic amines) is 1. The van der Waals surface area contributed by atoms with Crippen LogP contribution in [0.2, 0.25) is 5.02 Å². The first-order valence-electron chi connectivity index (χ1n) is 12.4. The van der Waals surface area contributed by atoms with Crippen molar-refractivity contribution in [3.63, 3.8) is 0 Å². The number of ketones is 1. The Morgan fingerprint density at radius 3 is 2.09 bits per heavy atom. The van der Waals surface area contributed by atoms with Crippen LogP contribution in [0.3, 0.4) is 0 Å². The van der Waals surface area contributed by atoms with Gasteiger partial charge >= 0.3 is 0 Å². The minimum absolute atomic E-state index is 0.119. The number of unbranched alkanes of at least 4 members (excludes halogenated alkanes) is 2. The molecule has 1 amide bonds. The molecule has 35 heavy (non-hydrogen) atoms. The zero-order valence-electron chi connectivity index (χ0n) is 20.5. The highest BCUT2D eigenvalue weighted by Gasteiger charge is 2.45. The van der Waals surface area contributed by atoms with Crippen molar-refractivity contribution < 1.29 is 14.7 Å². The molecule has 7 heteroatoms. The van der Waals surface area contributed by atoms with E-state index in [0.717, 1.165) is 61.8 Å². The number of Topliss-reactive ketones (excluding diaryl/α,β-unsaturated/α-hetero) is 1. The van der Waals surface area contributed by atoms with Gasteiger partial charge in [-0.25, -0.2) is 0 Å². The van der Waals surface area contributed by atoms with Crippen LogP contribution in [-0.4, -0.2) is 52.8 Å². The van der Waals surface area contributed by atoms with Crippen molar-refractivity contribution >= 4 is 45.0 Å². The molecule has 5 nitrogen and oxygen atoms in total. The third-order valence-corrected chi connectivity index (χ3v) is 7.15. The van der Waals surface area contributed by atoms with Gasteiger partial charge in [0.25, 0.3) is 11.7 Å². The SMILES string of the molecule is CCCCN(CCCC)CCCN1C(=O)C(=O)C(=C(O)c2ccc(Cl)cc2)[C@H]1c1ccc(Br)cc1. The van der Waals surface area contributed by atoms with Crippen molar-refractivity contribution in [1.82, 2.24) is 9.80 Å². The second-order valence-corrected chi connectivity index (χ2v) is 10.3. The number of nitrogens with zero attached hydrogens (tertiary/aromatic N) is 2. The van der Waals surface area contributed by atoms with Gasteiger partial charge in [0.05, 0.1) is 11.6 Å². The van der Waals surface area contributed by atoms with Gasteiger partial charge in [0.2, 0.25) is 0 Å². The van der Waals surface area contributed by atoms with E-state index in [1.54, 1.807) is 29.2 Å². The topological polar surface area (TPSA) is 60.9 Å². The summed E-state index contributed by atoms with van der Waals surface area (Å²) in [5.74, 6) is -1.40. The van der Waals surface area contributed by atoms with E-state index in [1.807, 2.05) is 24.3 Å². The average Bonchev–Trinajstić information content (AvgIpc) is 3.10. The van der Waals surface area contributed by atoms with E-state index in [9.17, 15) is 14.7 Å². The molecule has 1 fully saturated rings. The fourth-order valence-corrected chi connectivity index (χ4v) is 4.82. The van der Waals surface area contributed by atoms with Crippen LogP contribution in [-0.2, 0) is 9.59 Å². The minimum atomic E-state index is -0.654. The number of carbonyl (C=O) groups excluding carboxylic acids is 2. The lowest BCUT2D eigenvalue weighted by Crippen LogP contribution is -2.34. The van der Waals surface area contributed by atoms with Gasteiger partial charge < -0.3 is 14.9 Å². The molecule has 1 aliphatic rings. The maximum absolute atomic E-state index is 13.2. The van der Waals surface area contributed by atoms with Gasteiger partial charge in [-0.05, 0) is 80.9 Å². The Balaban J connectivity index is 1.90. The molecule has 3 rings (SSSR count). The number of hydrogen-bond acceptors (Lipinski definition) is 4. The highest BCUT2D eigenvalue weighted by molar-refractivity contribution is 9.10. The maximum Gasteiger partial charge on any atom is 0.295 e. The Bertz CT molecular complexity index is 1030. The van der Waals surface area contributed by atoms with Crippen LogP contribution in [0.1, 0.15) is 63.1 Å². The molecule has 188 valence electrons. The zero-order chi connectivity index (χ0) is 25.4. The standard InChI is InChI=1S/C28H34BrClN2O3/c1-3-5-16-31(17-6-4-2)18-7-19-32-25(20-8-12-22(29)13-9-20)24(27(34)28(32)35)26(33)21-10-14-23(30)15-11-21/h8-15,25,33H,3-7,16-19H2,1-2H3/t25-/m1/s1. The first kappa shape index (κ1) is 27.4. The fraction of sp³-hybridized carbons (Fsp3) is 0.429. The summed E-state index contributed by atoms with van der Waals surface area (Å²) in [4.78, 5) is 30.4. The first-order chi connectivity index (χ1) is 16.9. The summed E-state index contributed by atoms with van der Waals surface area (Å²) in [5, 5.41) is 11.7. The second-order valence-electron chi connectivity index (χ2n) is 8.95. The van der Waals surface area contributed by atoms with Crippen LogP contribution in [0.5, 0.6) is 0 Å². The molecule has 2 aromatic rings. The highest BCUT2D eigenvalue weighted by Crippen LogP contribution is 2.39. The van der Waals surface area contributed by atoms with Crippen molar-refractivity contribution in [2.75, 3.05) is 26.2 Å². The molecule has 0 aromatic heterocycles. The van der Waals surface area contributed by atoms with E-state index >= 15 is 0 Å². The molecular weight excluding hydrogens is 528 g/mol. The lowest BCUT2D eigenvalue weighted by atomic mass is 9.95. The van der Waals surface area contributed by atoms with Crippen LogP contribution in [0.4, 0.5) is 0 Å². The van der Waals surface area contributed by atoms with Crippen molar-refractivity contribution in [1.29, 1.82) is 0 Å². The van der Waals surface area contributed by atoms with E-state index in [1.165, 1.54) is 0 Å². The van der Waals surface area contributed by atoms with Crippen LogP contribution in [0, 0.1) is 0 Å². The third kappa shape index (κ3) is 6.96. The number of rotatable bonds is 12. The minimum Gasteiger partial charge on any atom is -0.507 e. The summed E-state index contributed by atoms with van der Waals surface area (Å²) in [5.41, 5.74) is 1.37. The molecule has 0 bridgehead atoms. The number of hydrogen-bond donors (Lipinski definition) is 1. The Morgan fingerprint density at radius 2 is 1.51 bits per heavy atom. The van der Waals surface area contributed by atoms with Gasteiger partial charge in [0, 0.05) is 21.6 Å². The predicted octanol–water partition coefficient (Wildman–Crippen LogP) is 6.82. The van der Waals surface area contributed by atoms with Gasteiger partial charge in [-0.1, -0.05) is 66.4 Å². The van der Waals surface area contributed by atoms with Gasteiger partial charge in [-0.2, -0.15) is 0 Å². The molecule has 0 spiro atoms. The average molecular weight is 562 g/mol. The van der Waals surface area contributed by atoms with Gasteiger partial charge in [0.1, 0.15) is 5.76 Å². The summed E-state index contributed by atoms with van der Waals surface area (Å²) in [6, 6.07) is 13.5. The summed E-state index contributed by atoms with van der Waals surface area (Å²) in [6.45, 7) is 7.78. The molecule has 1 aliphatic heterocycles. The van der Waals surface area contributed by atoms with E-state index in [2.05, 4.69) is 34.7 Å². The third-order valence-electron chi connectivity index (χ3n) is 6.37. The lowest BCUT2D eigenvalue weighted by molar-refractivity contribution is -0.140. The Kier molecular flexibility index (Phi) is 10.4. The molecule has 1 saturated heterocycles. The fourth-order valence-electron chi connectivity index (χ4n) is 4.43. The van der Waals surface area contributed by atoms with Gasteiger partial charge in [-0.3, -0.25) is 9.59 Å². The summed E-state index contributed by atoms with van der Waals surface area (Å²) >= 11 is 9.45. The van der Waals surface area contributed by atoms with Crippen molar-refractivity contribution in [2.45, 2.75) is 52.0 Å². The van der Waals surface area contributed by atoms with Crippen LogP contribution in [0.15, 0.2) is 58.6 Å². The quantitative estimate of drug-likeness (QED) is 0.176. The summed E-state index contributed by atoms with van der Waals surface area (Å²) in [6.07, 6.45) is 5.34. The monoisotopic (exact) mass is 560 g/mol. The number of aliphatic hydroxyl groups excluding tert-OH is 1. The first-order valence-corrected chi connectivity index (χ1v) is 13.6. The lowest BCUT2D eigenvalue weighted by Gasteiger charge is -2.27. The molecule has 0 radical (unpaired) electrons. The molecule has 2 aromatic carbocycles. The maximum atomic E-state index is 13.2. The predicted molar refractivity (Wildman–Crippen MR) is 145 cm³/mol. The van der Waals surface area contributed by atoms with E-state index in [0.29, 0.717) is 17.1 Å². The van der Waals surface area contributed by atoms with E-state index < -0.39 is 17.7 Å². The summed E-state index contributed by atoms with van der Waals surface area (Å²) in [7, 11) is 0. The number of halogens is 2. The number of benzene rings is 2. The smallest absolute Gasteiger partial charge is 0.295 e. The van der Waals surface area contributed by atoms with Crippen molar-refractivity contribution in [3.05, 3.63) is 74.7 Å². The van der Waals surface area contributed by atoms with Crippen molar-refractivity contribution in [3.8, 4) is 0 Å². The number of aliphatic hydroxyl groups is 1. The molecule has 1 atom stereocenters. The molecule has 1 heterocycles. The Labute approximate surface area is 221 Å². The Morgan fingerprint density at radius 1 is 0.943 bits per heavy atom. The number of amides is 1. The highest BCUT2D eigenvalue weighted by atomic mass is 79.9. The van der Waals surface area contributed by atoms with E-state index in [-0.39, 0.29) is 11.3 Å². The Hall–Kier alpha value is -2.15. The normalized spacial score (nSPS) is 17.5. The molecule has 0 unspecified atom stereocenters. The number of carbonyl (C=O) groups is 2. The second kappa shape index (κ2) is 13.2. The molecule has 0 aliphatic carbocycles. The molecule has 1 N–H and O–H groups in total. The van der Waals surface area contributed by atoms with Crippen LogP contribution in [0.25, 0.3) is 5.76 Å². The zero-order valence-corrected chi connectivity index (χ0v) is 22.8. The largest absolute Gasteiger partial charge is 0.507 e.